The quantitative estimate of drug-likeness (QED) is 0.782. The van der Waals surface area contributed by atoms with Gasteiger partial charge < -0.3 is 0 Å². The second kappa shape index (κ2) is 8.49. The lowest BCUT2D eigenvalue weighted by Crippen LogP contribution is -2.34. The van der Waals surface area contributed by atoms with Crippen molar-refractivity contribution in [3.63, 3.8) is 0 Å². The van der Waals surface area contributed by atoms with Gasteiger partial charge in [0.25, 0.3) is 11.9 Å². The highest BCUT2D eigenvalue weighted by Crippen LogP contribution is 2.14. The summed E-state index contributed by atoms with van der Waals surface area (Å²) in [5, 5.41) is 17.4. The molecule has 0 atom stereocenters. The predicted molar refractivity (Wildman–Crippen MR) is 96.9 cm³/mol. The molecule has 0 saturated heterocycles. The summed E-state index contributed by atoms with van der Waals surface area (Å²) in [4.78, 5) is 13.7. The first-order valence-corrected chi connectivity index (χ1v) is 8.40. The molecule has 0 saturated carbocycles. The lowest BCUT2D eigenvalue weighted by Gasteiger charge is -2.08. The Labute approximate surface area is 146 Å². The number of carbonyl (C=O) groups excluding carboxylic acids is 1. The summed E-state index contributed by atoms with van der Waals surface area (Å²) in [5.41, 5.74) is 1.73. The Hall–Kier alpha value is -2.35. The number of anilines is 1. The van der Waals surface area contributed by atoms with E-state index in [-0.39, 0.29) is 17.0 Å². The fourth-order valence-electron chi connectivity index (χ4n) is 2.02. The van der Waals surface area contributed by atoms with E-state index in [1.165, 1.54) is 10.4 Å². The second-order valence-electron chi connectivity index (χ2n) is 5.75. The van der Waals surface area contributed by atoms with Crippen molar-refractivity contribution in [2.24, 2.45) is 0 Å². The van der Waals surface area contributed by atoms with Gasteiger partial charge in [0.1, 0.15) is 0 Å². The maximum absolute atomic E-state index is 12.2. The molecule has 128 valence electrons. The average Bonchev–Trinajstić information content (AvgIpc) is 3.00. The number of tetrazole rings is 1. The lowest BCUT2D eigenvalue weighted by atomic mass is 10.0. The summed E-state index contributed by atoms with van der Waals surface area (Å²) in [6, 6.07) is 7.45. The molecule has 1 amide bonds. The van der Waals surface area contributed by atoms with Crippen LogP contribution in [0.15, 0.2) is 24.3 Å². The van der Waals surface area contributed by atoms with E-state index in [2.05, 4.69) is 46.8 Å². The third-order valence-corrected chi connectivity index (χ3v) is 3.66. The molecule has 1 aromatic heterocycles. The van der Waals surface area contributed by atoms with Crippen LogP contribution in [0.1, 0.15) is 55.5 Å². The van der Waals surface area contributed by atoms with E-state index in [1.54, 1.807) is 12.1 Å². The van der Waals surface area contributed by atoms with Crippen LogP contribution in [-0.4, -0.2) is 31.2 Å². The van der Waals surface area contributed by atoms with Crippen molar-refractivity contribution in [3.8, 4) is 0 Å². The van der Waals surface area contributed by atoms with E-state index < -0.39 is 0 Å². The molecule has 0 bridgehead atoms. The van der Waals surface area contributed by atoms with E-state index in [0.717, 1.165) is 12.8 Å². The molecule has 0 aliphatic carbocycles. The Morgan fingerprint density at radius 1 is 1.29 bits per heavy atom. The van der Waals surface area contributed by atoms with Crippen LogP contribution in [0, 0.1) is 0 Å². The Balaban J connectivity index is 1.89. The van der Waals surface area contributed by atoms with Gasteiger partial charge in [0, 0.05) is 5.56 Å². The Morgan fingerprint density at radius 2 is 2.00 bits per heavy atom. The number of nitrogens with zero attached hydrogens (tertiary/aromatic N) is 4. The zero-order valence-electron chi connectivity index (χ0n) is 14.1. The Kier molecular flexibility index (Phi) is 6.36. The fraction of sp³-hybridized carbons (Fsp3) is 0.438. The smallest absolute Gasteiger partial charge is 0.269 e. The van der Waals surface area contributed by atoms with Gasteiger partial charge >= 0.3 is 0 Å². The van der Waals surface area contributed by atoms with E-state index in [4.69, 9.17) is 12.2 Å². The number of nitrogens with one attached hydrogen (secondary N) is 2. The molecule has 0 fully saturated rings. The minimum absolute atomic E-state index is 0.142. The van der Waals surface area contributed by atoms with E-state index in [0.29, 0.717) is 18.0 Å². The molecule has 8 heteroatoms. The number of carbonyl (C=O) groups is 1. The standard InChI is InChI=1S/C16H22N6OS/c1-4-5-10-22-20-15(19-21-22)18-16(24)17-14(23)13-8-6-12(7-9-13)11(2)3/h6-9,11H,4-5,10H2,1-3H3,(H2,17,18,20,23,24). The van der Waals surface area contributed by atoms with E-state index >= 15 is 0 Å². The van der Waals surface area contributed by atoms with Crippen molar-refractivity contribution in [3.05, 3.63) is 35.4 Å². The molecule has 24 heavy (non-hydrogen) atoms. The van der Waals surface area contributed by atoms with Gasteiger partial charge in [-0.2, -0.15) is 4.80 Å². The van der Waals surface area contributed by atoms with Crippen molar-refractivity contribution in [1.29, 1.82) is 0 Å². The van der Waals surface area contributed by atoms with Gasteiger partial charge in [-0.3, -0.25) is 15.4 Å². The van der Waals surface area contributed by atoms with E-state index in [1.807, 2.05) is 12.1 Å². The number of rotatable bonds is 6. The molecule has 0 radical (unpaired) electrons. The number of hydrogen-bond acceptors (Lipinski definition) is 5. The van der Waals surface area contributed by atoms with Crippen LogP contribution in [0.4, 0.5) is 5.95 Å². The highest BCUT2D eigenvalue weighted by Gasteiger charge is 2.10. The molecule has 7 nitrogen and oxygen atoms in total. The average molecular weight is 346 g/mol. The number of benzene rings is 1. The van der Waals surface area contributed by atoms with Crippen LogP contribution in [-0.2, 0) is 6.54 Å². The minimum Gasteiger partial charge on any atom is -0.299 e. The molecule has 2 N–H and O–H groups in total. The maximum Gasteiger partial charge on any atom is 0.269 e. The van der Waals surface area contributed by atoms with Crippen LogP contribution in [0.25, 0.3) is 0 Å². The molecular formula is C16H22N6OS. The maximum atomic E-state index is 12.2. The molecule has 0 spiro atoms. The summed E-state index contributed by atoms with van der Waals surface area (Å²) < 4.78 is 0. The van der Waals surface area contributed by atoms with Gasteiger partial charge in [-0.1, -0.05) is 44.4 Å². The summed E-state index contributed by atoms with van der Waals surface area (Å²) in [7, 11) is 0. The Bertz CT molecular complexity index is 695. The first-order chi connectivity index (χ1) is 11.5. The number of aryl methyl sites for hydroxylation is 1. The third-order valence-electron chi connectivity index (χ3n) is 3.46. The van der Waals surface area contributed by atoms with Crippen LogP contribution in [0.5, 0.6) is 0 Å². The van der Waals surface area contributed by atoms with Crippen molar-refractivity contribution in [2.45, 2.75) is 46.1 Å². The number of unbranched alkanes of at least 4 members (excludes halogenated alkanes) is 1. The van der Waals surface area contributed by atoms with Crippen LogP contribution < -0.4 is 10.6 Å². The fourth-order valence-corrected chi connectivity index (χ4v) is 2.20. The molecule has 2 aromatic rings. The van der Waals surface area contributed by atoms with Crippen molar-refractivity contribution >= 4 is 29.2 Å². The third kappa shape index (κ3) is 5.09. The first kappa shape index (κ1) is 18.0. The normalized spacial score (nSPS) is 10.7. The molecular weight excluding hydrogens is 324 g/mol. The highest BCUT2D eigenvalue weighted by molar-refractivity contribution is 7.80. The molecule has 0 aliphatic rings. The summed E-state index contributed by atoms with van der Waals surface area (Å²) in [6.45, 7) is 7.00. The Morgan fingerprint density at radius 3 is 2.62 bits per heavy atom. The molecule has 1 aromatic carbocycles. The van der Waals surface area contributed by atoms with Gasteiger partial charge in [-0.05, 0) is 47.5 Å². The summed E-state index contributed by atoms with van der Waals surface area (Å²) >= 11 is 5.12. The zero-order valence-corrected chi connectivity index (χ0v) is 14.9. The number of amides is 1. The molecule has 0 aliphatic heterocycles. The van der Waals surface area contributed by atoms with Gasteiger partial charge in [0.05, 0.1) is 6.54 Å². The molecule has 1 heterocycles. The number of aromatic nitrogens is 4. The minimum atomic E-state index is -0.277. The van der Waals surface area contributed by atoms with Gasteiger partial charge in [-0.15, -0.1) is 5.10 Å². The monoisotopic (exact) mass is 346 g/mol. The summed E-state index contributed by atoms with van der Waals surface area (Å²) in [5.74, 6) is 0.416. The molecule has 0 unspecified atom stereocenters. The highest BCUT2D eigenvalue weighted by atomic mass is 32.1. The van der Waals surface area contributed by atoms with E-state index in [9.17, 15) is 4.79 Å². The van der Waals surface area contributed by atoms with Gasteiger partial charge in [-0.25, -0.2) is 0 Å². The second-order valence-corrected chi connectivity index (χ2v) is 6.16. The van der Waals surface area contributed by atoms with Crippen molar-refractivity contribution < 1.29 is 4.79 Å². The van der Waals surface area contributed by atoms with Crippen LogP contribution in [0.3, 0.4) is 0 Å². The number of hydrogen-bond donors (Lipinski definition) is 2. The topological polar surface area (TPSA) is 84.7 Å². The van der Waals surface area contributed by atoms with Crippen molar-refractivity contribution in [2.75, 3.05) is 5.32 Å². The van der Waals surface area contributed by atoms with Gasteiger partial charge in [0.15, 0.2) is 5.11 Å². The molecule has 2 rings (SSSR count). The SMILES string of the molecule is CCCCn1nnc(NC(=S)NC(=O)c2ccc(C(C)C)cc2)n1. The lowest BCUT2D eigenvalue weighted by molar-refractivity contribution is 0.0977. The largest absolute Gasteiger partial charge is 0.299 e. The van der Waals surface area contributed by atoms with Crippen molar-refractivity contribution in [1.82, 2.24) is 25.5 Å². The first-order valence-electron chi connectivity index (χ1n) is 7.99. The van der Waals surface area contributed by atoms with Crippen LogP contribution >= 0.6 is 12.2 Å². The predicted octanol–water partition coefficient (Wildman–Crippen LogP) is 2.72. The van der Waals surface area contributed by atoms with Gasteiger partial charge in [0.2, 0.25) is 0 Å². The summed E-state index contributed by atoms with van der Waals surface area (Å²) in [6.07, 6.45) is 2.03. The van der Waals surface area contributed by atoms with Crippen LogP contribution in [0.2, 0.25) is 0 Å². The number of thiocarbonyl (C=S) groups is 1. The zero-order chi connectivity index (χ0) is 17.5.